The van der Waals surface area contributed by atoms with Crippen LogP contribution in [0.3, 0.4) is 0 Å². The third kappa shape index (κ3) is 24.1. The number of aliphatic hydroxyl groups is 3. The lowest BCUT2D eigenvalue weighted by Crippen LogP contribution is -2.31. The Kier molecular flexibility index (Phi) is 27.0. The van der Waals surface area contributed by atoms with Crippen molar-refractivity contribution in [1.29, 1.82) is 0 Å². The smallest absolute Gasteiger partial charge is 0.193 e. The van der Waals surface area contributed by atoms with Crippen LogP contribution in [0.15, 0.2) is 72.8 Å². The van der Waals surface area contributed by atoms with Crippen molar-refractivity contribution in [3.05, 3.63) is 106 Å². The Morgan fingerprint density at radius 3 is 0.717 bits per heavy atom. The maximum Gasteiger partial charge on any atom is 0.193 e. The van der Waals surface area contributed by atoms with E-state index >= 15 is 0 Å². The molecule has 0 fully saturated rings. The number of Topliss-reactive ketones (excluding diaryl/α,β-unsaturated/α-hetero) is 3. The van der Waals surface area contributed by atoms with Crippen LogP contribution < -0.4 is 0 Å². The summed E-state index contributed by atoms with van der Waals surface area (Å²) in [6, 6.07) is 23.0. The van der Waals surface area contributed by atoms with Crippen LogP contribution in [0.2, 0.25) is 0 Å². The minimum absolute atomic E-state index is 0.217. The van der Waals surface area contributed by atoms with Crippen LogP contribution in [-0.4, -0.2) is 49.5 Å². The lowest BCUT2D eigenvalue weighted by atomic mass is 9.95. The molecule has 0 heterocycles. The Balaban J connectivity index is 0.000000452. The summed E-state index contributed by atoms with van der Waals surface area (Å²) in [7, 11) is 0. The first-order valence-electron chi connectivity index (χ1n) is 23.4. The molecule has 336 valence electrons. The molecule has 3 N–H and O–H groups in total. The summed E-state index contributed by atoms with van der Waals surface area (Å²) in [4.78, 5) is 35.6. The van der Waals surface area contributed by atoms with E-state index in [-0.39, 0.29) is 17.3 Å². The predicted octanol–water partition coefficient (Wildman–Crippen LogP) is 13.6. The summed E-state index contributed by atoms with van der Waals surface area (Å²) in [5.74, 6) is -0.658. The summed E-state index contributed by atoms with van der Waals surface area (Å²) < 4.78 is 0. The average molecular weight is 829 g/mol. The Morgan fingerprint density at radius 2 is 0.517 bits per heavy atom. The maximum absolute atomic E-state index is 11.9. The lowest BCUT2D eigenvalue weighted by Gasteiger charge is -2.15. The van der Waals surface area contributed by atoms with E-state index < -0.39 is 16.8 Å². The quantitative estimate of drug-likeness (QED) is 0.0521. The molecule has 0 aliphatic heterocycles. The molecule has 0 unspecified atom stereocenters. The van der Waals surface area contributed by atoms with E-state index in [2.05, 4.69) is 20.8 Å². The van der Waals surface area contributed by atoms with Crippen LogP contribution in [0.4, 0.5) is 0 Å². The number of rotatable bonds is 27. The van der Waals surface area contributed by atoms with Crippen LogP contribution in [0.5, 0.6) is 0 Å². The number of carbonyl (C=O) groups is 3. The predicted molar refractivity (Wildman–Crippen MR) is 252 cm³/mol. The van der Waals surface area contributed by atoms with Gasteiger partial charge >= 0.3 is 0 Å². The molecule has 3 rings (SSSR count). The Labute approximate surface area is 366 Å². The van der Waals surface area contributed by atoms with Crippen molar-refractivity contribution in [3.63, 3.8) is 0 Å². The van der Waals surface area contributed by atoms with Gasteiger partial charge in [-0.3, -0.25) is 14.4 Å². The van der Waals surface area contributed by atoms with Gasteiger partial charge in [0, 0.05) is 16.7 Å². The van der Waals surface area contributed by atoms with E-state index in [0.717, 1.165) is 19.3 Å². The molecule has 3 aromatic rings. The zero-order valence-electron chi connectivity index (χ0n) is 39.3. The fourth-order valence-corrected chi connectivity index (χ4v) is 6.86. The molecular weight excluding hydrogens is 745 g/mol. The van der Waals surface area contributed by atoms with Gasteiger partial charge in [0.2, 0.25) is 0 Å². The van der Waals surface area contributed by atoms with E-state index in [9.17, 15) is 29.7 Å². The maximum atomic E-state index is 11.9. The number of hydrogen-bond donors (Lipinski definition) is 3. The van der Waals surface area contributed by atoms with Crippen LogP contribution in [0.1, 0.15) is 226 Å². The largest absolute Gasteiger partial charge is 0.382 e. The fraction of sp³-hybridized carbons (Fsp3) is 0.611. The van der Waals surface area contributed by atoms with Gasteiger partial charge in [0.25, 0.3) is 0 Å². The molecule has 6 heteroatoms. The van der Waals surface area contributed by atoms with Gasteiger partial charge in [-0.25, -0.2) is 0 Å². The minimum atomic E-state index is -1.29. The van der Waals surface area contributed by atoms with Crippen molar-refractivity contribution in [2.24, 2.45) is 0 Å². The van der Waals surface area contributed by atoms with Gasteiger partial charge in [-0.05, 0) is 96.8 Å². The molecule has 60 heavy (non-hydrogen) atoms. The van der Waals surface area contributed by atoms with E-state index in [4.69, 9.17) is 0 Å². The molecule has 0 bridgehead atoms. The second kappa shape index (κ2) is 29.7. The highest BCUT2D eigenvalue weighted by molar-refractivity contribution is 6.02. The first-order valence-corrected chi connectivity index (χ1v) is 23.4. The summed E-state index contributed by atoms with van der Waals surface area (Å²) in [5, 5.41) is 29.1. The number of unbranched alkanes of at least 4 members (excludes halogenated alkanes) is 15. The summed E-state index contributed by atoms with van der Waals surface area (Å²) in [5.41, 5.74) is 1.70. The van der Waals surface area contributed by atoms with E-state index in [1.165, 1.54) is 174 Å². The molecule has 6 nitrogen and oxygen atoms in total. The Hall–Kier alpha value is -3.45. The minimum Gasteiger partial charge on any atom is -0.382 e. The second-order valence-electron chi connectivity index (χ2n) is 18.3. The van der Waals surface area contributed by atoms with Gasteiger partial charge in [-0.1, -0.05) is 190 Å². The van der Waals surface area contributed by atoms with E-state index in [1.807, 2.05) is 72.8 Å². The third-order valence-corrected chi connectivity index (χ3v) is 10.8. The summed E-state index contributed by atoms with van der Waals surface area (Å²) >= 11 is 0. The Bertz CT molecular complexity index is 1580. The van der Waals surface area contributed by atoms with Crippen molar-refractivity contribution in [2.75, 3.05) is 0 Å². The molecule has 0 saturated carbocycles. The molecule has 0 atom stereocenters. The van der Waals surface area contributed by atoms with Crippen molar-refractivity contribution >= 4 is 17.3 Å². The number of carbonyl (C=O) groups excluding carboxylic acids is 3. The van der Waals surface area contributed by atoms with Gasteiger partial charge in [0.05, 0.1) is 0 Å². The molecule has 3 aromatic carbocycles. The molecule has 0 aliphatic rings. The first-order chi connectivity index (χ1) is 28.3. The molecule has 0 spiro atoms. The van der Waals surface area contributed by atoms with Crippen molar-refractivity contribution in [3.8, 4) is 0 Å². The SMILES string of the molecule is CCCCCCCCCCc1ccc(C(=O)C(C)(C)O)cc1.CCCCCCCCc1ccc(C(=O)C(C)(C)O)cc1.CCCCCCc1ccc(C(=O)C(C)(C)O)cc1. The van der Waals surface area contributed by atoms with Crippen LogP contribution in [0, 0.1) is 0 Å². The van der Waals surface area contributed by atoms with Gasteiger partial charge < -0.3 is 15.3 Å². The lowest BCUT2D eigenvalue weighted by molar-refractivity contribution is 0.0487. The number of hydrogen-bond acceptors (Lipinski definition) is 6. The number of benzene rings is 3. The van der Waals surface area contributed by atoms with Crippen LogP contribution >= 0.6 is 0 Å². The zero-order valence-corrected chi connectivity index (χ0v) is 39.3. The van der Waals surface area contributed by atoms with Crippen molar-refractivity contribution in [2.45, 2.75) is 214 Å². The van der Waals surface area contributed by atoms with Crippen LogP contribution in [0.25, 0.3) is 0 Å². The fourth-order valence-electron chi connectivity index (χ4n) is 6.86. The standard InChI is InChI=1S/C20H32O2.C18H28O2.C16H24O2/c1-4-5-6-7-8-9-10-11-12-17-13-15-18(16-14-17)19(21)20(2,3)22;1-4-5-6-7-8-9-10-15-11-13-16(14-12-15)17(19)18(2,3)20;1-4-5-6-7-8-13-9-11-14(12-10-13)15(17)16(2,3)18/h13-16,22H,4-12H2,1-3H3;11-14,20H,4-10H2,1-3H3;9-12,18H,4-8H2,1-3H3. The van der Waals surface area contributed by atoms with E-state index in [0.29, 0.717) is 16.7 Å². The highest BCUT2D eigenvalue weighted by Crippen LogP contribution is 2.18. The monoisotopic (exact) mass is 829 g/mol. The molecular formula is C54H84O6. The molecule has 0 amide bonds. The molecule has 0 aromatic heterocycles. The number of aryl methyl sites for hydroxylation is 3. The summed E-state index contributed by atoms with van der Waals surface area (Å²) in [6.07, 6.45) is 26.6. The highest BCUT2D eigenvalue weighted by atomic mass is 16.3. The van der Waals surface area contributed by atoms with Gasteiger partial charge in [-0.15, -0.1) is 0 Å². The van der Waals surface area contributed by atoms with Crippen molar-refractivity contribution < 1.29 is 29.7 Å². The number of ketones is 3. The van der Waals surface area contributed by atoms with Gasteiger partial charge in [-0.2, -0.15) is 0 Å². The third-order valence-electron chi connectivity index (χ3n) is 10.8. The van der Waals surface area contributed by atoms with Gasteiger partial charge in [0.1, 0.15) is 16.8 Å². The normalized spacial score (nSPS) is 11.6. The van der Waals surface area contributed by atoms with Crippen molar-refractivity contribution in [1.82, 2.24) is 0 Å². The molecule has 0 saturated heterocycles. The molecule has 0 radical (unpaired) electrons. The Morgan fingerprint density at radius 1 is 0.333 bits per heavy atom. The van der Waals surface area contributed by atoms with Crippen LogP contribution in [-0.2, 0) is 19.3 Å². The summed E-state index contributed by atoms with van der Waals surface area (Å²) in [6.45, 7) is 15.8. The van der Waals surface area contributed by atoms with E-state index in [1.54, 1.807) is 0 Å². The topological polar surface area (TPSA) is 112 Å². The zero-order chi connectivity index (χ0) is 45.0. The first kappa shape index (κ1) is 54.6. The molecule has 0 aliphatic carbocycles. The highest BCUT2D eigenvalue weighted by Gasteiger charge is 2.26. The van der Waals surface area contributed by atoms with Gasteiger partial charge in [0.15, 0.2) is 17.3 Å². The second-order valence-corrected chi connectivity index (χ2v) is 18.3. The average Bonchev–Trinajstić information content (AvgIpc) is 3.21.